The Hall–Kier alpha value is -2.58. The number of carbonyl (C=O) groups is 2. The third kappa shape index (κ3) is 2.89. The van der Waals surface area contributed by atoms with Crippen LogP contribution in [0.25, 0.3) is 0 Å². The number of rotatable bonds is 2. The first kappa shape index (κ1) is 21.0. The van der Waals surface area contributed by atoms with Crippen molar-refractivity contribution in [2.75, 3.05) is 4.90 Å². The third-order valence-corrected chi connectivity index (χ3v) is 7.88. The quantitative estimate of drug-likeness (QED) is 0.540. The van der Waals surface area contributed by atoms with E-state index < -0.39 is 35.4 Å². The van der Waals surface area contributed by atoms with E-state index in [2.05, 4.69) is 5.16 Å². The summed E-state index contributed by atoms with van der Waals surface area (Å²) < 4.78 is 39.6. The zero-order valence-corrected chi connectivity index (χ0v) is 18.2. The van der Waals surface area contributed by atoms with Crippen molar-refractivity contribution in [3.63, 3.8) is 0 Å². The van der Waals surface area contributed by atoms with Crippen molar-refractivity contribution in [3.8, 4) is 0 Å². The van der Waals surface area contributed by atoms with Crippen LogP contribution in [-0.2, 0) is 20.6 Å². The molecule has 2 aliphatic carbocycles. The maximum absolute atomic E-state index is 13.4. The Morgan fingerprint density at radius 2 is 1.70 bits per heavy atom. The van der Waals surface area contributed by atoms with E-state index in [0.717, 1.165) is 17.0 Å². The molecule has 0 aromatic heterocycles. The Balaban J connectivity index is 1.35. The van der Waals surface area contributed by atoms with Gasteiger partial charge in [0.1, 0.15) is 6.10 Å². The number of benzene rings is 2. The van der Waals surface area contributed by atoms with Gasteiger partial charge in [0.2, 0.25) is 11.8 Å². The number of nitrogens with zero attached hydrogens (tertiary/aromatic N) is 2. The van der Waals surface area contributed by atoms with Crippen LogP contribution in [0.15, 0.2) is 47.6 Å². The second-order valence-electron chi connectivity index (χ2n) is 8.87. The Bertz CT molecular complexity index is 1250. The minimum Gasteiger partial charge on any atom is -0.391 e. The maximum Gasteiger partial charge on any atom is 0.416 e. The number of anilines is 1. The minimum absolute atomic E-state index is 0.0608. The molecule has 3 fully saturated rings. The Morgan fingerprint density at radius 3 is 2.39 bits per heavy atom. The lowest BCUT2D eigenvalue weighted by atomic mass is 9.71. The predicted molar refractivity (Wildman–Crippen MR) is 114 cm³/mol. The first-order valence-electron chi connectivity index (χ1n) is 10.4. The molecule has 4 aliphatic rings. The molecule has 2 heterocycles. The van der Waals surface area contributed by atoms with Gasteiger partial charge >= 0.3 is 6.18 Å². The van der Waals surface area contributed by atoms with E-state index in [4.69, 9.17) is 28.0 Å². The van der Waals surface area contributed by atoms with Gasteiger partial charge in [0, 0.05) is 22.4 Å². The number of oxime groups is 1. The van der Waals surface area contributed by atoms with Gasteiger partial charge in [0.15, 0.2) is 0 Å². The Morgan fingerprint density at radius 1 is 0.970 bits per heavy atom. The van der Waals surface area contributed by atoms with Crippen LogP contribution in [-0.4, -0.2) is 23.6 Å². The molecule has 33 heavy (non-hydrogen) atoms. The van der Waals surface area contributed by atoms with Gasteiger partial charge < -0.3 is 4.84 Å². The molecule has 2 aromatic rings. The van der Waals surface area contributed by atoms with Crippen LogP contribution in [0.1, 0.15) is 17.5 Å². The van der Waals surface area contributed by atoms with E-state index in [-0.39, 0.29) is 29.5 Å². The summed E-state index contributed by atoms with van der Waals surface area (Å²) in [6.45, 7) is 0. The number of hydrogen-bond acceptors (Lipinski definition) is 4. The highest BCUT2D eigenvalue weighted by Gasteiger charge is 2.70. The van der Waals surface area contributed by atoms with Crippen LogP contribution in [0.3, 0.4) is 0 Å². The van der Waals surface area contributed by atoms with Gasteiger partial charge in [-0.3, -0.25) is 14.5 Å². The fraction of sp³-hybridized carbons (Fsp3) is 0.348. The molecule has 5 nitrogen and oxygen atoms in total. The van der Waals surface area contributed by atoms with Gasteiger partial charge in [-0.1, -0.05) is 40.5 Å². The largest absolute Gasteiger partial charge is 0.416 e. The summed E-state index contributed by atoms with van der Waals surface area (Å²) in [7, 11) is 0. The molecule has 6 rings (SSSR count). The monoisotopic (exact) mass is 494 g/mol. The topological polar surface area (TPSA) is 59.0 Å². The Kier molecular flexibility index (Phi) is 4.43. The molecular weight excluding hydrogens is 480 g/mol. The molecule has 6 atom stereocenters. The molecule has 0 spiro atoms. The van der Waals surface area contributed by atoms with E-state index >= 15 is 0 Å². The maximum atomic E-state index is 13.4. The fourth-order valence-electron chi connectivity index (χ4n) is 6.12. The van der Waals surface area contributed by atoms with Crippen molar-refractivity contribution in [1.29, 1.82) is 0 Å². The summed E-state index contributed by atoms with van der Waals surface area (Å²) in [6, 6.07) is 9.35. The average molecular weight is 495 g/mol. The number of fused-ring (bicyclic) bond motifs is 8. The molecule has 6 unspecified atom stereocenters. The number of carbonyl (C=O) groups excluding carboxylic acids is 2. The van der Waals surface area contributed by atoms with Gasteiger partial charge in [-0.25, -0.2) is 0 Å². The molecule has 0 N–H and O–H groups in total. The minimum atomic E-state index is -4.58. The summed E-state index contributed by atoms with van der Waals surface area (Å²) in [6.07, 6.45) is -4.34. The molecule has 170 valence electrons. The van der Waals surface area contributed by atoms with Crippen LogP contribution >= 0.6 is 23.2 Å². The van der Waals surface area contributed by atoms with Gasteiger partial charge in [-0.2, -0.15) is 13.2 Å². The molecular formula is C23H15Cl2F3N2O3. The van der Waals surface area contributed by atoms with Crippen molar-refractivity contribution in [2.45, 2.75) is 18.7 Å². The normalized spacial score (nSPS) is 32.2. The average Bonchev–Trinajstić information content (AvgIpc) is 3.48. The lowest BCUT2D eigenvalue weighted by Crippen LogP contribution is -2.41. The Labute approximate surface area is 196 Å². The SMILES string of the molecule is O=C1C2C3CC(C4C(c5ccc(Cl)cc5Cl)=NOC34)C2C(=O)N1c1cccc(C(F)(F)F)c1. The smallest absolute Gasteiger partial charge is 0.391 e. The highest BCUT2D eigenvalue weighted by atomic mass is 35.5. The van der Waals surface area contributed by atoms with E-state index in [1.165, 1.54) is 12.1 Å². The van der Waals surface area contributed by atoms with Crippen molar-refractivity contribution in [2.24, 2.45) is 34.7 Å². The van der Waals surface area contributed by atoms with E-state index in [9.17, 15) is 22.8 Å². The second-order valence-corrected chi connectivity index (χ2v) is 9.72. The van der Waals surface area contributed by atoms with Crippen LogP contribution in [0.5, 0.6) is 0 Å². The van der Waals surface area contributed by atoms with Crippen LogP contribution in [0, 0.1) is 29.6 Å². The number of hydrogen-bond donors (Lipinski definition) is 0. The first-order valence-corrected chi connectivity index (χ1v) is 11.2. The zero-order chi connectivity index (χ0) is 23.2. The zero-order valence-electron chi connectivity index (χ0n) is 16.7. The first-order chi connectivity index (χ1) is 15.7. The molecule has 2 aromatic carbocycles. The van der Waals surface area contributed by atoms with Crippen LogP contribution in [0.2, 0.25) is 10.0 Å². The number of alkyl halides is 3. The highest BCUT2D eigenvalue weighted by molar-refractivity contribution is 6.37. The molecule has 2 amide bonds. The van der Waals surface area contributed by atoms with Gasteiger partial charge in [-0.15, -0.1) is 0 Å². The number of imide groups is 1. The standard InChI is InChI=1S/C23H15Cl2F3N2O3/c24-10-4-5-12(15(25)7-10)19-18-13-8-14(20(18)33-29-19)17-16(13)21(31)30(22(17)32)11-3-1-2-9(6-11)23(26,27)28/h1-7,13-14,16-18,20H,8H2. The number of halogens is 5. The summed E-state index contributed by atoms with van der Waals surface area (Å²) in [5, 5.41) is 5.12. The van der Waals surface area contributed by atoms with Gasteiger partial charge in [0.25, 0.3) is 0 Å². The highest BCUT2D eigenvalue weighted by Crippen LogP contribution is 2.62. The lowest BCUT2D eigenvalue weighted by Gasteiger charge is -2.30. The van der Waals surface area contributed by atoms with Gasteiger partial charge in [0.05, 0.1) is 33.8 Å². The van der Waals surface area contributed by atoms with E-state index in [0.29, 0.717) is 27.7 Å². The van der Waals surface area contributed by atoms with Crippen molar-refractivity contribution >= 4 is 46.4 Å². The fourth-order valence-corrected chi connectivity index (χ4v) is 6.63. The van der Waals surface area contributed by atoms with Crippen LogP contribution < -0.4 is 4.90 Å². The van der Waals surface area contributed by atoms with E-state index in [1.807, 2.05) is 0 Å². The second kappa shape index (κ2) is 6.96. The molecule has 0 radical (unpaired) electrons. The van der Waals surface area contributed by atoms with Gasteiger partial charge in [-0.05, 0) is 42.7 Å². The molecule has 2 saturated carbocycles. The summed E-state index contributed by atoms with van der Waals surface area (Å²) >= 11 is 12.4. The number of amides is 2. The van der Waals surface area contributed by atoms with Crippen molar-refractivity contribution in [1.82, 2.24) is 0 Å². The van der Waals surface area contributed by atoms with Crippen molar-refractivity contribution in [3.05, 3.63) is 63.6 Å². The summed E-state index contributed by atoms with van der Waals surface area (Å²) in [5.41, 5.74) is 0.302. The predicted octanol–water partition coefficient (Wildman–Crippen LogP) is 5.19. The third-order valence-electron chi connectivity index (χ3n) is 7.33. The summed E-state index contributed by atoms with van der Waals surface area (Å²) in [4.78, 5) is 33.3. The van der Waals surface area contributed by atoms with E-state index in [1.54, 1.807) is 18.2 Å². The molecule has 2 bridgehead atoms. The summed E-state index contributed by atoms with van der Waals surface area (Å²) in [5.74, 6) is -2.90. The van der Waals surface area contributed by atoms with Crippen molar-refractivity contribution < 1.29 is 27.6 Å². The molecule has 1 saturated heterocycles. The molecule has 2 aliphatic heterocycles. The lowest BCUT2D eigenvalue weighted by molar-refractivity contribution is -0.137. The molecule has 10 heteroatoms. The van der Waals surface area contributed by atoms with Crippen LogP contribution in [0.4, 0.5) is 18.9 Å².